The third-order valence-corrected chi connectivity index (χ3v) is 4.01. The number of nitrogens with zero attached hydrogens (tertiary/aromatic N) is 1. The van der Waals surface area contributed by atoms with E-state index in [0.29, 0.717) is 5.02 Å². The maximum atomic E-state index is 9.12. The highest BCUT2D eigenvalue weighted by Crippen LogP contribution is 2.31. The zero-order valence-corrected chi connectivity index (χ0v) is 11.8. The fourth-order valence-electron chi connectivity index (χ4n) is 2.26. The molecule has 4 heteroatoms. The van der Waals surface area contributed by atoms with Crippen LogP contribution in [0.25, 0.3) is 0 Å². The number of benzene rings is 1. The Hall–Kier alpha value is -0.720. The van der Waals surface area contributed by atoms with Crippen LogP contribution in [-0.2, 0) is 0 Å². The average molecular weight is 314 g/mol. The Balaban J connectivity index is 2.11. The second kappa shape index (κ2) is 5.75. The average Bonchev–Trinajstić information content (AvgIpc) is 2.33. The molecule has 1 aromatic rings. The number of hydrogen-bond acceptors (Lipinski definition) is 2. The smallest absolute Gasteiger partial charge is 0.0677 e. The molecule has 0 aromatic heterocycles. The quantitative estimate of drug-likeness (QED) is 0.866. The Kier molecular flexibility index (Phi) is 4.31. The molecule has 1 fully saturated rings. The van der Waals surface area contributed by atoms with E-state index in [-0.39, 0.29) is 12.0 Å². The molecule has 0 saturated heterocycles. The van der Waals surface area contributed by atoms with Crippen molar-refractivity contribution < 1.29 is 0 Å². The molecule has 1 aliphatic carbocycles. The summed E-state index contributed by atoms with van der Waals surface area (Å²) < 4.78 is 0.966. The van der Waals surface area contributed by atoms with Crippen molar-refractivity contribution in [3.05, 3.63) is 27.7 Å². The number of anilines is 1. The van der Waals surface area contributed by atoms with Crippen molar-refractivity contribution in [2.24, 2.45) is 5.92 Å². The fourth-order valence-corrected chi connectivity index (χ4v) is 2.99. The van der Waals surface area contributed by atoms with Gasteiger partial charge in [0.1, 0.15) is 0 Å². The second-order valence-corrected chi connectivity index (χ2v) is 5.72. The van der Waals surface area contributed by atoms with Crippen LogP contribution in [0.5, 0.6) is 0 Å². The molecule has 0 spiro atoms. The van der Waals surface area contributed by atoms with Crippen molar-refractivity contribution in [1.29, 1.82) is 5.26 Å². The summed E-state index contributed by atoms with van der Waals surface area (Å²) in [5.41, 5.74) is 0.919. The van der Waals surface area contributed by atoms with Crippen molar-refractivity contribution in [1.82, 2.24) is 0 Å². The fraction of sp³-hybridized carbons (Fsp3) is 0.462. The summed E-state index contributed by atoms with van der Waals surface area (Å²) in [5, 5.41) is 13.2. The molecule has 2 rings (SSSR count). The zero-order chi connectivity index (χ0) is 12.3. The van der Waals surface area contributed by atoms with Gasteiger partial charge >= 0.3 is 0 Å². The predicted molar refractivity (Wildman–Crippen MR) is 74.1 cm³/mol. The van der Waals surface area contributed by atoms with Gasteiger partial charge in [0, 0.05) is 10.5 Å². The predicted octanol–water partition coefficient (Wildman–Crippen LogP) is 4.60. The highest BCUT2D eigenvalue weighted by Gasteiger charge is 2.25. The van der Waals surface area contributed by atoms with Crippen LogP contribution >= 0.6 is 27.5 Å². The van der Waals surface area contributed by atoms with Crippen molar-refractivity contribution >= 4 is 33.2 Å². The number of hydrogen-bond donors (Lipinski definition) is 1. The van der Waals surface area contributed by atoms with E-state index in [4.69, 9.17) is 16.9 Å². The van der Waals surface area contributed by atoms with Crippen LogP contribution in [-0.4, -0.2) is 6.04 Å². The standard InChI is InChI=1S/C13H14BrClN2/c14-10-5-6-13(11(15)7-10)17-12-4-2-1-3-9(12)8-16/h5-7,9,12,17H,1-4H2. The molecule has 1 saturated carbocycles. The molecule has 0 amide bonds. The maximum Gasteiger partial charge on any atom is 0.0677 e. The molecule has 1 N–H and O–H groups in total. The lowest BCUT2D eigenvalue weighted by molar-refractivity contribution is 0.389. The normalized spacial score (nSPS) is 24.1. The zero-order valence-electron chi connectivity index (χ0n) is 9.42. The first-order valence-corrected chi connectivity index (χ1v) is 6.99. The van der Waals surface area contributed by atoms with Gasteiger partial charge in [-0.25, -0.2) is 0 Å². The third-order valence-electron chi connectivity index (χ3n) is 3.20. The summed E-state index contributed by atoms with van der Waals surface area (Å²) in [6.45, 7) is 0. The van der Waals surface area contributed by atoms with E-state index in [1.165, 1.54) is 6.42 Å². The monoisotopic (exact) mass is 312 g/mol. The van der Waals surface area contributed by atoms with E-state index < -0.39 is 0 Å². The summed E-state index contributed by atoms with van der Waals surface area (Å²) in [6.07, 6.45) is 4.38. The molecule has 1 aliphatic rings. The van der Waals surface area contributed by atoms with Crippen LogP contribution in [0.15, 0.2) is 22.7 Å². The van der Waals surface area contributed by atoms with Crippen molar-refractivity contribution in [3.63, 3.8) is 0 Å². The van der Waals surface area contributed by atoms with Crippen LogP contribution in [0, 0.1) is 17.2 Å². The van der Waals surface area contributed by atoms with Gasteiger partial charge in [0.05, 0.1) is 22.7 Å². The van der Waals surface area contributed by atoms with E-state index in [9.17, 15) is 0 Å². The first kappa shape index (κ1) is 12.7. The van der Waals surface area contributed by atoms with Crippen molar-refractivity contribution in [2.75, 3.05) is 5.32 Å². The summed E-state index contributed by atoms with van der Waals surface area (Å²) in [7, 11) is 0. The van der Waals surface area contributed by atoms with Crippen LogP contribution < -0.4 is 5.32 Å². The highest BCUT2D eigenvalue weighted by molar-refractivity contribution is 9.10. The summed E-state index contributed by atoms with van der Waals surface area (Å²) in [5.74, 6) is 0.100. The second-order valence-electron chi connectivity index (χ2n) is 4.40. The Morgan fingerprint density at radius 1 is 1.35 bits per heavy atom. The molecular formula is C13H14BrClN2. The minimum absolute atomic E-state index is 0.100. The minimum atomic E-state index is 0.100. The summed E-state index contributed by atoms with van der Waals surface area (Å²) in [4.78, 5) is 0. The van der Waals surface area contributed by atoms with Crippen LogP contribution in [0.2, 0.25) is 5.02 Å². The van der Waals surface area contributed by atoms with Gasteiger partial charge < -0.3 is 5.32 Å². The van der Waals surface area contributed by atoms with Crippen molar-refractivity contribution in [2.45, 2.75) is 31.7 Å². The third kappa shape index (κ3) is 3.14. The molecule has 0 bridgehead atoms. The molecule has 2 nitrogen and oxygen atoms in total. The molecule has 1 aromatic carbocycles. The molecule has 2 atom stereocenters. The number of nitriles is 1. The largest absolute Gasteiger partial charge is 0.380 e. The lowest BCUT2D eigenvalue weighted by Gasteiger charge is -2.28. The van der Waals surface area contributed by atoms with Crippen LogP contribution in [0.4, 0.5) is 5.69 Å². The number of nitrogens with one attached hydrogen (secondary N) is 1. The highest BCUT2D eigenvalue weighted by atomic mass is 79.9. The van der Waals surface area contributed by atoms with E-state index in [1.54, 1.807) is 0 Å². The molecule has 90 valence electrons. The first-order chi connectivity index (χ1) is 8.20. The molecule has 2 unspecified atom stereocenters. The van der Waals surface area contributed by atoms with Crippen molar-refractivity contribution in [3.8, 4) is 6.07 Å². The number of halogens is 2. The molecule has 0 heterocycles. The Morgan fingerprint density at radius 2 is 2.12 bits per heavy atom. The minimum Gasteiger partial charge on any atom is -0.380 e. The summed E-state index contributed by atoms with van der Waals surface area (Å²) >= 11 is 9.55. The van der Waals surface area contributed by atoms with E-state index >= 15 is 0 Å². The molecule has 17 heavy (non-hydrogen) atoms. The van der Waals surface area contributed by atoms with Gasteiger partial charge in [0.25, 0.3) is 0 Å². The Morgan fingerprint density at radius 3 is 2.82 bits per heavy atom. The van der Waals surface area contributed by atoms with E-state index in [2.05, 4.69) is 27.3 Å². The van der Waals surface area contributed by atoms with Gasteiger partial charge in [-0.3, -0.25) is 0 Å². The topological polar surface area (TPSA) is 35.8 Å². The Labute approximate surface area is 115 Å². The maximum absolute atomic E-state index is 9.12. The lowest BCUT2D eigenvalue weighted by Crippen LogP contribution is -2.31. The molecule has 0 aliphatic heterocycles. The number of rotatable bonds is 2. The van der Waals surface area contributed by atoms with E-state index in [1.807, 2.05) is 18.2 Å². The van der Waals surface area contributed by atoms with Gasteiger partial charge in [-0.15, -0.1) is 0 Å². The van der Waals surface area contributed by atoms with Gasteiger partial charge in [-0.1, -0.05) is 40.4 Å². The lowest BCUT2D eigenvalue weighted by atomic mass is 9.85. The van der Waals surface area contributed by atoms with Gasteiger partial charge in [-0.05, 0) is 31.0 Å². The van der Waals surface area contributed by atoms with Gasteiger partial charge in [0.2, 0.25) is 0 Å². The van der Waals surface area contributed by atoms with Crippen LogP contribution in [0.1, 0.15) is 25.7 Å². The summed E-state index contributed by atoms with van der Waals surface area (Å²) in [6, 6.07) is 8.40. The first-order valence-electron chi connectivity index (χ1n) is 5.82. The SMILES string of the molecule is N#CC1CCCCC1Nc1ccc(Br)cc1Cl. The Bertz CT molecular complexity index is 442. The molecule has 0 radical (unpaired) electrons. The van der Waals surface area contributed by atoms with Crippen LogP contribution in [0.3, 0.4) is 0 Å². The molecular weight excluding hydrogens is 300 g/mol. The van der Waals surface area contributed by atoms with E-state index in [0.717, 1.165) is 29.4 Å². The van der Waals surface area contributed by atoms with Gasteiger partial charge in [0.15, 0.2) is 0 Å². The van der Waals surface area contributed by atoms with Gasteiger partial charge in [-0.2, -0.15) is 5.26 Å².